The van der Waals surface area contributed by atoms with Gasteiger partial charge in [0.05, 0.1) is 18.2 Å². The van der Waals surface area contributed by atoms with E-state index in [0.29, 0.717) is 25.5 Å². The largest absolute Gasteiger partial charge is 0.352 e. The summed E-state index contributed by atoms with van der Waals surface area (Å²) in [6.45, 7) is 1.16. The predicted molar refractivity (Wildman–Crippen MR) is 101 cm³/mol. The van der Waals surface area contributed by atoms with Gasteiger partial charge in [0.2, 0.25) is 11.8 Å². The summed E-state index contributed by atoms with van der Waals surface area (Å²) in [7, 11) is 0. The van der Waals surface area contributed by atoms with E-state index in [-0.39, 0.29) is 24.2 Å². The number of carbonyl (C=O) groups is 2. The summed E-state index contributed by atoms with van der Waals surface area (Å²) < 4.78 is 1.66. The zero-order chi connectivity index (χ0) is 19.3. The molecule has 142 valence electrons. The summed E-state index contributed by atoms with van der Waals surface area (Å²) in [4.78, 5) is 35.2. The van der Waals surface area contributed by atoms with Crippen LogP contribution in [0.3, 0.4) is 0 Å². The molecule has 8 heteroatoms. The Labute approximate surface area is 162 Å². The van der Waals surface area contributed by atoms with Crippen LogP contribution in [-0.2, 0) is 22.7 Å². The fraction of sp³-hybridized carbons (Fsp3) is 0.250. The van der Waals surface area contributed by atoms with Gasteiger partial charge < -0.3 is 10.2 Å². The Kier molecular flexibility index (Phi) is 5.09. The molecule has 8 nitrogen and oxygen atoms in total. The van der Waals surface area contributed by atoms with Crippen molar-refractivity contribution in [3.63, 3.8) is 0 Å². The first kappa shape index (κ1) is 17.8. The molecule has 0 radical (unpaired) electrons. The number of rotatable bonds is 6. The molecule has 4 heterocycles. The molecular formula is C20H20N6O2. The average molecular weight is 376 g/mol. The lowest BCUT2D eigenvalue weighted by Gasteiger charge is -2.16. The van der Waals surface area contributed by atoms with Crippen LogP contribution in [0, 0.1) is 5.92 Å². The van der Waals surface area contributed by atoms with Crippen molar-refractivity contribution in [2.75, 3.05) is 6.54 Å². The lowest BCUT2D eigenvalue weighted by Crippen LogP contribution is -2.33. The Morgan fingerprint density at radius 2 is 2.00 bits per heavy atom. The van der Waals surface area contributed by atoms with E-state index in [1.54, 1.807) is 34.4 Å². The van der Waals surface area contributed by atoms with E-state index in [1.807, 2.05) is 36.4 Å². The van der Waals surface area contributed by atoms with E-state index < -0.39 is 0 Å². The van der Waals surface area contributed by atoms with Gasteiger partial charge >= 0.3 is 0 Å². The second-order valence-corrected chi connectivity index (χ2v) is 6.65. The minimum absolute atomic E-state index is 0.0237. The van der Waals surface area contributed by atoms with E-state index in [1.165, 1.54) is 0 Å². The van der Waals surface area contributed by atoms with Gasteiger partial charge in [-0.15, -0.1) is 0 Å². The molecule has 28 heavy (non-hydrogen) atoms. The van der Waals surface area contributed by atoms with Crippen LogP contribution < -0.4 is 5.32 Å². The number of hydrogen-bond acceptors (Lipinski definition) is 5. The minimum Gasteiger partial charge on any atom is -0.352 e. The molecule has 1 aliphatic heterocycles. The lowest BCUT2D eigenvalue weighted by atomic mass is 10.1. The Morgan fingerprint density at radius 1 is 1.11 bits per heavy atom. The summed E-state index contributed by atoms with van der Waals surface area (Å²) in [5, 5.41) is 7.13. The number of amides is 2. The summed E-state index contributed by atoms with van der Waals surface area (Å²) in [5.74, 6) is 0.157. The first-order chi connectivity index (χ1) is 13.7. The SMILES string of the molecule is O=C(NCc1cccnc1-n1cccn1)[C@H]1CC(=O)N(Cc2ccccn2)C1. The summed E-state index contributed by atoms with van der Waals surface area (Å²) in [5.41, 5.74) is 1.67. The van der Waals surface area contributed by atoms with E-state index in [9.17, 15) is 9.59 Å². The molecule has 0 aromatic carbocycles. The zero-order valence-corrected chi connectivity index (χ0v) is 15.2. The van der Waals surface area contributed by atoms with E-state index in [4.69, 9.17) is 0 Å². The third-order valence-corrected chi connectivity index (χ3v) is 4.71. The van der Waals surface area contributed by atoms with Crippen molar-refractivity contribution in [3.8, 4) is 5.82 Å². The summed E-state index contributed by atoms with van der Waals surface area (Å²) in [6, 6.07) is 11.1. The van der Waals surface area contributed by atoms with Crippen molar-refractivity contribution in [3.05, 3.63) is 72.4 Å². The number of nitrogens with one attached hydrogen (secondary N) is 1. The molecule has 1 atom stereocenters. The van der Waals surface area contributed by atoms with Gasteiger partial charge in [-0.2, -0.15) is 5.10 Å². The number of likely N-dealkylation sites (tertiary alicyclic amines) is 1. The smallest absolute Gasteiger partial charge is 0.225 e. The van der Waals surface area contributed by atoms with Crippen molar-refractivity contribution in [2.24, 2.45) is 5.92 Å². The van der Waals surface area contributed by atoms with Crippen LogP contribution >= 0.6 is 0 Å². The lowest BCUT2D eigenvalue weighted by molar-refractivity contribution is -0.129. The van der Waals surface area contributed by atoms with Crippen LogP contribution in [0.25, 0.3) is 5.82 Å². The van der Waals surface area contributed by atoms with Crippen molar-refractivity contribution in [2.45, 2.75) is 19.5 Å². The monoisotopic (exact) mass is 376 g/mol. The highest BCUT2D eigenvalue weighted by molar-refractivity contribution is 5.89. The van der Waals surface area contributed by atoms with Crippen molar-refractivity contribution in [1.82, 2.24) is 30.0 Å². The maximum absolute atomic E-state index is 12.6. The number of carbonyl (C=O) groups excluding carboxylic acids is 2. The summed E-state index contributed by atoms with van der Waals surface area (Å²) >= 11 is 0. The number of nitrogens with zero attached hydrogens (tertiary/aromatic N) is 5. The fourth-order valence-electron chi connectivity index (χ4n) is 3.28. The molecule has 1 N–H and O–H groups in total. The van der Waals surface area contributed by atoms with Crippen molar-refractivity contribution in [1.29, 1.82) is 0 Å². The van der Waals surface area contributed by atoms with E-state index in [0.717, 1.165) is 11.3 Å². The second-order valence-electron chi connectivity index (χ2n) is 6.65. The first-order valence-electron chi connectivity index (χ1n) is 9.10. The molecule has 2 amide bonds. The average Bonchev–Trinajstić information content (AvgIpc) is 3.38. The third-order valence-electron chi connectivity index (χ3n) is 4.71. The Morgan fingerprint density at radius 3 is 2.79 bits per heavy atom. The normalized spacial score (nSPS) is 16.4. The van der Waals surface area contributed by atoms with Crippen LogP contribution in [0.1, 0.15) is 17.7 Å². The highest BCUT2D eigenvalue weighted by Gasteiger charge is 2.34. The predicted octanol–water partition coefficient (Wildman–Crippen LogP) is 1.33. The third kappa shape index (κ3) is 3.90. The molecule has 4 rings (SSSR count). The van der Waals surface area contributed by atoms with Gasteiger partial charge in [-0.05, 0) is 24.3 Å². The molecule has 0 unspecified atom stereocenters. The van der Waals surface area contributed by atoms with Crippen LogP contribution in [-0.4, -0.2) is 43.0 Å². The standard InChI is InChI=1S/C20H20N6O2/c27-18-11-16(13-25(18)14-17-6-1-2-7-21-17)20(28)23-12-15-5-3-8-22-19(15)26-10-4-9-24-26/h1-10,16H,11-14H2,(H,23,28)/t16-/m0/s1. The van der Waals surface area contributed by atoms with Gasteiger partial charge in [-0.3, -0.25) is 14.6 Å². The maximum atomic E-state index is 12.6. The van der Waals surface area contributed by atoms with Crippen molar-refractivity contribution >= 4 is 11.8 Å². The highest BCUT2D eigenvalue weighted by Crippen LogP contribution is 2.20. The van der Waals surface area contributed by atoms with E-state index >= 15 is 0 Å². The second kappa shape index (κ2) is 7.99. The molecule has 0 bridgehead atoms. The molecular weight excluding hydrogens is 356 g/mol. The molecule has 3 aromatic heterocycles. The molecule has 3 aromatic rings. The maximum Gasteiger partial charge on any atom is 0.225 e. The van der Waals surface area contributed by atoms with Crippen LogP contribution in [0.2, 0.25) is 0 Å². The van der Waals surface area contributed by atoms with Crippen LogP contribution in [0.15, 0.2) is 61.2 Å². The van der Waals surface area contributed by atoms with Crippen LogP contribution in [0.4, 0.5) is 0 Å². The molecule has 1 fully saturated rings. The van der Waals surface area contributed by atoms with E-state index in [2.05, 4.69) is 20.4 Å². The molecule has 1 saturated heterocycles. The highest BCUT2D eigenvalue weighted by atomic mass is 16.2. The number of hydrogen-bond donors (Lipinski definition) is 1. The first-order valence-corrected chi connectivity index (χ1v) is 9.10. The fourth-order valence-corrected chi connectivity index (χ4v) is 3.28. The molecule has 1 aliphatic rings. The Balaban J connectivity index is 1.37. The quantitative estimate of drug-likeness (QED) is 0.701. The van der Waals surface area contributed by atoms with Crippen LogP contribution in [0.5, 0.6) is 0 Å². The topological polar surface area (TPSA) is 93.0 Å². The molecule has 0 aliphatic carbocycles. The number of pyridine rings is 2. The molecule has 0 spiro atoms. The van der Waals surface area contributed by atoms with Gasteiger partial charge in [0.15, 0.2) is 5.82 Å². The molecule has 0 saturated carbocycles. The zero-order valence-electron chi connectivity index (χ0n) is 15.2. The number of aromatic nitrogens is 4. The van der Waals surface area contributed by atoms with Crippen molar-refractivity contribution < 1.29 is 9.59 Å². The van der Waals surface area contributed by atoms with Gasteiger partial charge in [0.25, 0.3) is 0 Å². The van der Waals surface area contributed by atoms with Gasteiger partial charge in [-0.25, -0.2) is 9.67 Å². The summed E-state index contributed by atoms with van der Waals surface area (Å²) in [6.07, 6.45) is 7.09. The van der Waals surface area contributed by atoms with Gasteiger partial charge in [-0.1, -0.05) is 12.1 Å². The Hall–Kier alpha value is -3.55. The Bertz CT molecular complexity index is 958. The van der Waals surface area contributed by atoms with Gasteiger partial charge in [0.1, 0.15) is 0 Å². The minimum atomic E-state index is -0.360. The van der Waals surface area contributed by atoms with Gasteiger partial charge in [0, 0.05) is 49.9 Å².